The zero-order chi connectivity index (χ0) is 16.4. The predicted molar refractivity (Wildman–Crippen MR) is 89.3 cm³/mol. The summed E-state index contributed by atoms with van der Waals surface area (Å²) in [6.07, 6.45) is 1.41. The Labute approximate surface area is 135 Å². The van der Waals surface area contributed by atoms with Crippen molar-refractivity contribution in [1.29, 1.82) is 0 Å². The van der Waals surface area contributed by atoms with Crippen LogP contribution >= 0.6 is 0 Å². The first kappa shape index (κ1) is 15.5. The smallest absolute Gasteiger partial charge is 0.308 e. The van der Waals surface area contributed by atoms with Crippen molar-refractivity contribution in [1.82, 2.24) is 4.90 Å². The second-order valence-corrected chi connectivity index (χ2v) is 6.29. The Kier molecular flexibility index (Phi) is 4.33. The van der Waals surface area contributed by atoms with E-state index in [4.69, 9.17) is 0 Å². The molecule has 1 aliphatic rings. The van der Waals surface area contributed by atoms with Gasteiger partial charge in [-0.25, -0.2) is 0 Å². The molecule has 0 bridgehead atoms. The molecule has 2 atom stereocenters. The van der Waals surface area contributed by atoms with Crippen LogP contribution in [0.15, 0.2) is 42.5 Å². The second-order valence-electron chi connectivity index (χ2n) is 6.29. The lowest BCUT2D eigenvalue weighted by molar-refractivity contribution is -0.146. The molecule has 1 N–H and O–H groups in total. The maximum Gasteiger partial charge on any atom is 0.308 e. The molecule has 4 nitrogen and oxygen atoms in total. The largest absolute Gasteiger partial charge is 0.481 e. The Morgan fingerprint density at radius 1 is 1.17 bits per heavy atom. The molecule has 4 heteroatoms. The fraction of sp³-hybridized carbons (Fsp3) is 0.368. The van der Waals surface area contributed by atoms with Gasteiger partial charge in [0.1, 0.15) is 0 Å². The fourth-order valence-electron chi connectivity index (χ4n) is 3.27. The van der Waals surface area contributed by atoms with Crippen LogP contribution in [0.1, 0.15) is 31.2 Å². The summed E-state index contributed by atoms with van der Waals surface area (Å²) in [6, 6.07) is 14.1. The van der Waals surface area contributed by atoms with Gasteiger partial charge in [0.25, 0.3) is 0 Å². The van der Waals surface area contributed by atoms with Gasteiger partial charge in [0.15, 0.2) is 0 Å². The molecule has 1 amide bonds. The molecule has 0 aliphatic carbocycles. The summed E-state index contributed by atoms with van der Waals surface area (Å²) in [5.74, 6) is -1.48. The minimum atomic E-state index is -0.805. The predicted octanol–water partition coefficient (Wildman–Crippen LogP) is 3.27. The maximum absolute atomic E-state index is 12.7. The molecule has 3 rings (SSSR count). The monoisotopic (exact) mass is 311 g/mol. The highest BCUT2D eigenvalue weighted by molar-refractivity contribution is 5.88. The van der Waals surface area contributed by atoms with E-state index in [9.17, 15) is 14.7 Å². The van der Waals surface area contributed by atoms with E-state index in [1.165, 1.54) is 0 Å². The molecule has 1 saturated heterocycles. The van der Waals surface area contributed by atoms with Gasteiger partial charge in [0.2, 0.25) is 5.91 Å². The van der Waals surface area contributed by atoms with E-state index in [1.54, 1.807) is 4.90 Å². The third kappa shape index (κ3) is 3.21. The molecular formula is C19H21NO3. The third-order valence-electron chi connectivity index (χ3n) is 4.73. The van der Waals surface area contributed by atoms with Crippen LogP contribution in [0.4, 0.5) is 0 Å². The van der Waals surface area contributed by atoms with Crippen LogP contribution in [-0.2, 0) is 9.59 Å². The summed E-state index contributed by atoms with van der Waals surface area (Å²) in [5, 5.41) is 11.4. The highest BCUT2D eigenvalue weighted by atomic mass is 16.4. The van der Waals surface area contributed by atoms with Gasteiger partial charge in [-0.2, -0.15) is 0 Å². The highest BCUT2D eigenvalue weighted by Gasteiger charge is 2.30. The van der Waals surface area contributed by atoms with Crippen molar-refractivity contribution in [3.63, 3.8) is 0 Å². The topological polar surface area (TPSA) is 57.6 Å². The van der Waals surface area contributed by atoms with E-state index in [2.05, 4.69) is 6.07 Å². The molecule has 0 aromatic heterocycles. The van der Waals surface area contributed by atoms with Crippen molar-refractivity contribution in [3.8, 4) is 0 Å². The first-order chi connectivity index (χ1) is 11.1. The number of piperidine rings is 1. The summed E-state index contributed by atoms with van der Waals surface area (Å²) in [6.45, 7) is 2.88. The summed E-state index contributed by atoms with van der Waals surface area (Å²) in [5.41, 5.74) is 0.978. The normalized spacial score (nSPS) is 19.5. The van der Waals surface area contributed by atoms with Gasteiger partial charge < -0.3 is 10.0 Å². The Morgan fingerprint density at radius 2 is 1.91 bits per heavy atom. The van der Waals surface area contributed by atoms with Crippen molar-refractivity contribution in [2.75, 3.05) is 13.1 Å². The van der Waals surface area contributed by atoms with Crippen molar-refractivity contribution < 1.29 is 14.7 Å². The number of benzene rings is 2. The number of rotatable bonds is 3. The number of amides is 1. The van der Waals surface area contributed by atoms with Gasteiger partial charge in [-0.15, -0.1) is 0 Å². The number of likely N-dealkylation sites (tertiary alicyclic amines) is 1. The Hall–Kier alpha value is -2.36. The van der Waals surface area contributed by atoms with Crippen LogP contribution in [0.5, 0.6) is 0 Å². The van der Waals surface area contributed by atoms with Crippen molar-refractivity contribution in [2.24, 2.45) is 5.92 Å². The third-order valence-corrected chi connectivity index (χ3v) is 4.73. The molecule has 1 fully saturated rings. The van der Waals surface area contributed by atoms with E-state index in [-0.39, 0.29) is 11.8 Å². The van der Waals surface area contributed by atoms with Crippen molar-refractivity contribution in [3.05, 3.63) is 48.0 Å². The molecule has 0 saturated carbocycles. The molecule has 0 spiro atoms. The Morgan fingerprint density at radius 3 is 2.65 bits per heavy atom. The maximum atomic E-state index is 12.7. The average molecular weight is 311 g/mol. The Bertz CT molecular complexity index is 740. The zero-order valence-electron chi connectivity index (χ0n) is 13.2. The number of carbonyl (C=O) groups excluding carboxylic acids is 1. The molecule has 120 valence electrons. The minimum absolute atomic E-state index is 0.0197. The van der Waals surface area contributed by atoms with Crippen LogP contribution in [0.3, 0.4) is 0 Å². The van der Waals surface area contributed by atoms with Crippen LogP contribution in [0, 0.1) is 5.92 Å². The second kappa shape index (κ2) is 6.41. The molecule has 23 heavy (non-hydrogen) atoms. The van der Waals surface area contributed by atoms with Crippen LogP contribution in [0.2, 0.25) is 0 Å². The van der Waals surface area contributed by atoms with Gasteiger partial charge in [0, 0.05) is 13.1 Å². The molecular weight excluding hydrogens is 290 g/mol. The average Bonchev–Trinajstić information content (AvgIpc) is 2.60. The SMILES string of the molecule is CC(C(=O)N1CCCC(C(=O)O)C1)c1ccc2ccccc2c1. The number of carboxylic acid groups (broad SMARTS) is 1. The van der Waals surface area contributed by atoms with Crippen LogP contribution in [-0.4, -0.2) is 35.0 Å². The van der Waals surface area contributed by atoms with Gasteiger partial charge in [-0.1, -0.05) is 42.5 Å². The summed E-state index contributed by atoms with van der Waals surface area (Å²) in [7, 11) is 0. The number of hydrogen-bond acceptors (Lipinski definition) is 2. The summed E-state index contributed by atoms with van der Waals surface area (Å²) < 4.78 is 0. The summed E-state index contributed by atoms with van der Waals surface area (Å²) >= 11 is 0. The lowest BCUT2D eigenvalue weighted by Gasteiger charge is -2.32. The van der Waals surface area contributed by atoms with E-state index in [0.717, 1.165) is 22.8 Å². The number of carbonyl (C=O) groups is 2. The molecule has 1 aliphatic heterocycles. The van der Waals surface area contributed by atoms with Gasteiger partial charge in [-0.3, -0.25) is 9.59 Å². The van der Waals surface area contributed by atoms with Gasteiger partial charge >= 0.3 is 5.97 Å². The molecule has 1 heterocycles. The summed E-state index contributed by atoms with van der Waals surface area (Å²) in [4.78, 5) is 25.6. The first-order valence-corrected chi connectivity index (χ1v) is 8.06. The zero-order valence-corrected chi connectivity index (χ0v) is 13.2. The quantitative estimate of drug-likeness (QED) is 0.946. The molecule has 2 aromatic carbocycles. The molecule has 0 radical (unpaired) electrons. The Balaban J connectivity index is 1.79. The van der Waals surface area contributed by atoms with Gasteiger partial charge in [0.05, 0.1) is 11.8 Å². The molecule has 2 aromatic rings. The lowest BCUT2D eigenvalue weighted by Crippen LogP contribution is -2.43. The van der Waals surface area contributed by atoms with E-state index >= 15 is 0 Å². The van der Waals surface area contributed by atoms with Crippen LogP contribution < -0.4 is 0 Å². The number of hydrogen-bond donors (Lipinski definition) is 1. The van der Waals surface area contributed by atoms with E-state index in [1.807, 2.05) is 43.3 Å². The first-order valence-electron chi connectivity index (χ1n) is 8.06. The number of carboxylic acids is 1. The van der Waals surface area contributed by atoms with Crippen LogP contribution in [0.25, 0.3) is 10.8 Å². The standard InChI is InChI=1S/C19H21NO3/c1-13(15-9-8-14-5-2-3-6-16(14)11-15)18(21)20-10-4-7-17(12-20)19(22)23/h2-3,5-6,8-9,11,13,17H,4,7,10,12H2,1H3,(H,22,23). The fourth-order valence-corrected chi connectivity index (χ4v) is 3.27. The number of nitrogens with zero attached hydrogens (tertiary/aromatic N) is 1. The van der Waals surface area contributed by atoms with Crippen molar-refractivity contribution in [2.45, 2.75) is 25.7 Å². The molecule has 2 unspecified atom stereocenters. The highest BCUT2D eigenvalue weighted by Crippen LogP contribution is 2.25. The lowest BCUT2D eigenvalue weighted by atomic mass is 9.93. The van der Waals surface area contributed by atoms with E-state index < -0.39 is 11.9 Å². The number of fused-ring (bicyclic) bond motifs is 1. The minimum Gasteiger partial charge on any atom is -0.481 e. The van der Waals surface area contributed by atoms with Crippen molar-refractivity contribution >= 4 is 22.6 Å². The van der Waals surface area contributed by atoms with E-state index in [0.29, 0.717) is 19.5 Å². The number of aliphatic carboxylic acids is 1. The van der Waals surface area contributed by atoms with Gasteiger partial charge in [-0.05, 0) is 36.1 Å².